The molecule has 2 aromatic rings. The van der Waals surface area contributed by atoms with Crippen LogP contribution >= 0.6 is 12.4 Å². The molecular weight excluding hydrogens is 320 g/mol. The highest BCUT2D eigenvalue weighted by Crippen LogP contribution is 2.26. The molecule has 0 fully saturated rings. The first-order valence-electron chi connectivity index (χ1n) is 7.00. The quantitative estimate of drug-likeness (QED) is 0.935. The van der Waals surface area contributed by atoms with Gasteiger partial charge in [-0.25, -0.2) is 8.42 Å². The standard InChI is InChI=1S/C16H18N2O2S.ClH/c19-21(20,13-14-6-2-1-3-7-14)18-11-10-17-12-15-8-4-5-9-16(15)18;/h1-9,17H,10-13H2;1H. The van der Waals surface area contributed by atoms with Gasteiger partial charge in [0.15, 0.2) is 0 Å². The van der Waals surface area contributed by atoms with Crippen molar-refractivity contribution in [1.82, 2.24) is 5.32 Å². The number of hydrogen-bond donors (Lipinski definition) is 1. The van der Waals surface area contributed by atoms with Gasteiger partial charge in [0.05, 0.1) is 11.4 Å². The van der Waals surface area contributed by atoms with Crippen molar-refractivity contribution in [2.75, 3.05) is 17.4 Å². The fraction of sp³-hybridized carbons (Fsp3) is 0.250. The third-order valence-electron chi connectivity index (χ3n) is 3.60. The Balaban J connectivity index is 0.00000176. The summed E-state index contributed by atoms with van der Waals surface area (Å²) < 4.78 is 27.1. The lowest BCUT2D eigenvalue weighted by Gasteiger charge is -2.24. The Kier molecular flexibility index (Phi) is 5.45. The molecule has 1 N–H and O–H groups in total. The highest BCUT2D eigenvalue weighted by atomic mass is 35.5. The fourth-order valence-electron chi connectivity index (χ4n) is 2.58. The molecule has 2 aromatic carbocycles. The monoisotopic (exact) mass is 338 g/mol. The number of hydrogen-bond acceptors (Lipinski definition) is 3. The van der Waals surface area contributed by atoms with Gasteiger partial charge in [0.1, 0.15) is 0 Å². The van der Waals surface area contributed by atoms with Gasteiger partial charge in [-0.1, -0.05) is 48.5 Å². The lowest BCUT2D eigenvalue weighted by atomic mass is 10.2. The Morgan fingerprint density at radius 2 is 1.68 bits per heavy atom. The molecule has 6 heteroatoms. The van der Waals surface area contributed by atoms with Crippen LogP contribution in [0.5, 0.6) is 0 Å². The Morgan fingerprint density at radius 3 is 2.45 bits per heavy atom. The van der Waals surface area contributed by atoms with E-state index in [1.807, 2.05) is 54.6 Å². The van der Waals surface area contributed by atoms with Gasteiger partial charge < -0.3 is 5.32 Å². The molecule has 0 radical (unpaired) electrons. The summed E-state index contributed by atoms with van der Waals surface area (Å²) in [5.41, 5.74) is 2.62. The van der Waals surface area contributed by atoms with E-state index >= 15 is 0 Å². The summed E-state index contributed by atoms with van der Waals surface area (Å²) in [6.45, 7) is 1.82. The molecule has 118 valence electrons. The summed E-state index contributed by atoms with van der Waals surface area (Å²) in [6.07, 6.45) is 0. The maximum absolute atomic E-state index is 12.8. The molecule has 0 bridgehead atoms. The van der Waals surface area contributed by atoms with E-state index in [1.54, 1.807) is 0 Å². The number of anilines is 1. The van der Waals surface area contributed by atoms with E-state index in [0.717, 1.165) is 16.8 Å². The molecule has 1 heterocycles. The lowest BCUT2D eigenvalue weighted by Crippen LogP contribution is -2.35. The first kappa shape index (κ1) is 16.8. The predicted octanol–water partition coefficient (Wildman–Crippen LogP) is 2.55. The number of halogens is 1. The predicted molar refractivity (Wildman–Crippen MR) is 91.8 cm³/mol. The summed E-state index contributed by atoms with van der Waals surface area (Å²) in [7, 11) is -3.38. The summed E-state index contributed by atoms with van der Waals surface area (Å²) in [4.78, 5) is 0. The Bertz CT molecular complexity index is 720. The molecule has 4 nitrogen and oxygen atoms in total. The van der Waals surface area contributed by atoms with Crippen molar-refractivity contribution in [3.05, 3.63) is 65.7 Å². The molecule has 22 heavy (non-hydrogen) atoms. The SMILES string of the molecule is Cl.O=S(=O)(Cc1ccccc1)N1CCNCc2ccccc21. The normalized spacial score (nSPS) is 14.6. The molecule has 0 atom stereocenters. The van der Waals surface area contributed by atoms with Gasteiger partial charge in [-0.3, -0.25) is 4.31 Å². The summed E-state index contributed by atoms with van der Waals surface area (Å²) in [5.74, 6) is 0.0299. The van der Waals surface area contributed by atoms with Crippen molar-refractivity contribution in [1.29, 1.82) is 0 Å². The molecule has 0 saturated heterocycles. The second kappa shape index (κ2) is 7.13. The molecule has 1 aliphatic heterocycles. The van der Waals surface area contributed by atoms with Crippen molar-refractivity contribution < 1.29 is 8.42 Å². The average Bonchev–Trinajstić information content (AvgIpc) is 2.70. The van der Waals surface area contributed by atoms with Crippen LogP contribution < -0.4 is 9.62 Å². The minimum absolute atomic E-state index is 0. The minimum Gasteiger partial charge on any atom is -0.311 e. The van der Waals surface area contributed by atoms with Crippen molar-refractivity contribution in [2.45, 2.75) is 12.3 Å². The van der Waals surface area contributed by atoms with Gasteiger partial charge in [0, 0.05) is 19.6 Å². The van der Waals surface area contributed by atoms with Crippen LogP contribution in [0.15, 0.2) is 54.6 Å². The maximum Gasteiger partial charge on any atom is 0.239 e. The second-order valence-electron chi connectivity index (χ2n) is 5.12. The van der Waals surface area contributed by atoms with Crippen LogP contribution in [-0.4, -0.2) is 21.5 Å². The zero-order chi connectivity index (χ0) is 14.7. The van der Waals surface area contributed by atoms with Crippen LogP contribution in [0.3, 0.4) is 0 Å². The molecule has 0 aliphatic carbocycles. The van der Waals surface area contributed by atoms with E-state index in [-0.39, 0.29) is 18.2 Å². The van der Waals surface area contributed by atoms with Gasteiger partial charge in [-0.15, -0.1) is 12.4 Å². The van der Waals surface area contributed by atoms with Crippen LogP contribution in [0.1, 0.15) is 11.1 Å². The molecule has 0 aromatic heterocycles. The third-order valence-corrected chi connectivity index (χ3v) is 5.34. The molecule has 3 rings (SSSR count). The Labute approximate surface area is 137 Å². The fourth-order valence-corrected chi connectivity index (χ4v) is 4.20. The van der Waals surface area contributed by atoms with Gasteiger partial charge in [-0.2, -0.15) is 0 Å². The molecule has 0 amide bonds. The molecule has 1 aliphatic rings. The van der Waals surface area contributed by atoms with Gasteiger partial charge in [-0.05, 0) is 17.2 Å². The first-order valence-corrected chi connectivity index (χ1v) is 8.61. The second-order valence-corrected chi connectivity index (χ2v) is 7.01. The molecule has 0 spiro atoms. The first-order chi connectivity index (χ1) is 10.2. The van der Waals surface area contributed by atoms with Gasteiger partial charge in [0.2, 0.25) is 10.0 Å². The highest BCUT2D eigenvalue weighted by Gasteiger charge is 2.26. The molecular formula is C16H19ClN2O2S. The highest BCUT2D eigenvalue weighted by molar-refractivity contribution is 7.92. The summed E-state index contributed by atoms with van der Waals surface area (Å²) in [6, 6.07) is 17.0. The smallest absolute Gasteiger partial charge is 0.239 e. The summed E-state index contributed by atoms with van der Waals surface area (Å²) in [5, 5.41) is 3.26. The molecule has 0 saturated carbocycles. The Morgan fingerprint density at radius 1 is 1.00 bits per heavy atom. The van der Waals surface area contributed by atoms with Crippen LogP contribution in [0.25, 0.3) is 0 Å². The van der Waals surface area contributed by atoms with Crippen molar-refractivity contribution in [2.24, 2.45) is 0 Å². The van der Waals surface area contributed by atoms with E-state index < -0.39 is 10.0 Å². The minimum atomic E-state index is -3.38. The van der Waals surface area contributed by atoms with E-state index in [4.69, 9.17) is 0 Å². The number of benzene rings is 2. The van der Waals surface area contributed by atoms with Crippen LogP contribution in [0.4, 0.5) is 5.69 Å². The van der Waals surface area contributed by atoms with Crippen molar-refractivity contribution >= 4 is 28.1 Å². The number of rotatable bonds is 3. The van der Waals surface area contributed by atoms with Gasteiger partial charge >= 0.3 is 0 Å². The zero-order valence-corrected chi connectivity index (χ0v) is 13.7. The topological polar surface area (TPSA) is 49.4 Å². The van der Waals surface area contributed by atoms with E-state index in [9.17, 15) is 8.42 Å². The van der Waals surface area contributed by atoms with Gasteiger partial charge in [0.25, 0.3) is 0 Å². The number of sulfonamides is 1. The van der Waals surface area contributed by atoms with E-state index in [1.165, 1.54) is 4.31 Å². The van der Waals surface area contributed by atoms with Crippen LogP contribution in [-0.2, 0) is 22.3 Å². The van der Waals surface area contributed by atoms with E-state index in [2.05, 4.69) is 5.32 Å². The zero-order valence-electron chi connectivity index (χ0n) is 12.1. The van der Waals surface area contributed by atoms with E-state index in [0.29, 0.717) is 19.6 Å². The number of nitrogens with one attached hydrogen (secondary N) is 1. The maximum atomic E-state index is 12.8. The lowest BCUT2D eigenvalue weighted by molar-refractivity contribution is 0.588. The number of nitrogens with zero attached hydrogens (tertiary/aromatic N) is 1. The number of fused-ring (bicyclic) bond motifs is 1. The van der Waals surface area contributed by atoms with Crippen LogP contribution in [0.2, 0.25) is 0 Å². The average molecular weight is 339 g/mol. The summed E-state index contributed by atoms with van der Waals surface area (Å²) >= 11 is 0. The van der Waals surface area contributed by atoms with Crippen molar-refractivity contribution in [3.63, 3.8) is 0 Å². The Hall–Kier alpha value is -1.56. The molecule has 0 unspecified atom stereocenters. The number of para-hydroxylation sites is 1. The van der Waals surface area contributed by atoms with Crippen molar-refractivity contribution in [3.8, 4) is 0 Å². The third kappa shape index (κ3) is 3.61. The van der Waals surface area contributed by atoms with Crippen LogP contribution in [0, 0.1) is 0 Å². The largest absolute Gasteiger partial charge is 0.311 e.